The van der Waals surface area contributed by atoms with E-state index >= 15 is 13.2 Å². The predicted molar refractivity (Wildman–Crippen MR) is 231 cm³/mol. The summed E-state index contributed by atoms with van der Waals surface area (Å²) in [4.78, 5) is 28.7. The monoisotopic (exact) mass is 891 g/mol. The van der Waals surface area contributed by atoms with Gasteiger partial charge in [-0.2, -0.15) is 0 Å². The maximum atomic E-state index is 16.1. The summed E-state index contributed by atoms with van der Waals surface area (Å²) in [5, 5.41) is 6.55. The van der Waals surface area contributed by atoms with Crippen molar-refractivity contribution >= 4 is 44.4 Å². The van der Waals surface area contributed by atoms with Crippen molar-refractivity contribution in [3.8, 4) is 11.5 Å². The molecule has 4 heterocycles. The van der Waals surface area contributed by atoms with Crippen LogP contribution in [0.5, 0.6) is 11.5 Å². The Bertz CT molecular complexity index is 2260. The number of carbonyl (C=O) groups is 1. The van der Waals surface area contributed by atoms with Crippen LogP contribution >= 0.6 is 15.9 Å². The largest absolute Gasteiger partial charge is 0.493 e. The average molecular weight is 893 g/mol. The molecule has 1 saturated heterocycles. The van der Waals surface area contributed by atoms with Gasteiger partial charge in [-0.15, -0.1) is 0 Å². The number of carbonyl (C=O) groups excluding carboxylic acids is 1. The number of para-hydroxylation sites is 1. The Balaban J connectivity index is 0.894. The zero-order valence-corrected chi connectivity index (χ0v) is 36.3. The molecule has 7 rings (SSSR count). The topological polar surface area (TPSA) is 117 Å². The third-order valence-corrected chi connectivity index (χ3v) is 11.8. The molecule has 2 aromatic heterocycles. The summed E-state index contributed by atoms with van der Waals surface area (Å²) in [6, 6.07) is 12.5. The molecular formula is C45H53BrF3N7O4. The van der Waals surface area contributed by atoms with Crippen LogP contribution < -0.4 is 20.1 Å². The van der Waals surface area contributed by atoms with Crippen LogP contribution in [0.15, 0.2) is 65.4 Å². The number of fused-ring (bicyclic) bond motifs is 3. The van der Waals surface area contributed by atoms with Gasteiger partial charge in [-0.05, 0) is 96.2 Å². The number of aromatic nitrogens is 3. The Labute approximate surface area is 357 Å². The summed E-state index contributed by atoms with van der Waals surface area (Å²) in [7, 11) is 0. The maximum Gasteiger partial charge on any atom is 0.325 e. The number of alkyl halides is 1. The Morgan fingerprint density at radius 2 is 1.82 bits per heavy atom. The van der Waals surface area contributed by atoms with E-state index in [1.165, 1.54) is 32.2 Å². The number of nitrogens with one attached hydrogen (secondary N) is 3. The molecular weight excluding hydrogens is 839 g/mol. The second-order valence-electron chi connectivity index (χ2n) is 16.4. The molecule has 3 N–H and O–H groups in total. The number of amides is 2. The molecule has 60 heavy (non-hydrogen) atoms. The number of rotatable bonds is 15. The molecule has 0 aliphatic carbocycles. The van der Waals surface area contributed by atoms with Gasteiger partial charge in [0.25, 0.3) is 0 Å². The Hall–Kier alpha value is -4.70. The number of unbranched alkanes of at least 4 members (excludes halogenated alkanes) is 2. The Kier molecular flexibility index (Phi) is 13.7. The Morgan fingerprint density at radius 1 is 1.03 bits per heavy atom. The van der Waals surface area contributed by atoms with Crippen molar-refractivity contribution in [2.24, 2.45) is 0 Å². The lowest BCUT2D eigenvalue weighted by molar-refractivity contribution is -0.0481. The van der Waals surface area contributed by atoms with Crippen molar-refractivity contribution < 1.29 is 32.2 Å². The summed E-state index contributed by atoms with van der Waals surface area (Å²) < 4.78 is 66.2. The van der Waals surface area contributed by atoms with Crippen LogP contribution in [0.3, 0.4) is 0 Å². The molecule has 0 radical (unpaired) electrons. The molecule has 2 aliphatic rings. The highest BCUT2D eigenvalue weighted by atomic mass is 79.9. The lowest BCUT2D eigenvalue weighted by Gasteiger charge is -2.43. The second kappa shape index (κ2) is 18.9. The molecule has 5 aromatic rings. The number of anilines is 2. The number of aryl methyl sites for hydroxylation is 2. The van der Waals surface area contributed by atoms with Crippen LogP contribution in [0.4, 0.5) is 29.5 Å². The maximum absolute atomic E-state index is 16.1. The number of H-pyrrole nitrogens is 1. The normalized spacial score (nSPS) is 18.6. The van der Waals surface area contributed by atoms with Crippen LogP contribution in [0.2, 0.25) is 0 Å². The third kappa shape index (κ3) is 10.6. The first-order valence-electron chi connectivity index (χ1n) is 20.5. The lowest BCUT2D eigenvalue weighted by atomic mass is 9.87. The van der Waals surface area contributed by atoms with Gasteiger partial charge in [0.1, 0.15) is 41.5 Å². The summed E-state index contributed by atoms with van der Waals surface area (Å²) >= 11 is 3.54. The predicted octanol–water partition coefficient (Wildman–Crippen LogP) is 9.67. The molecule has 3 aromatic carbocycles. The first-order valence-corrected chi connectivity index (χ1v) is 21.3. The van der Waals surface area contributed by atoms with Crippen LogP contribution in [0, 0.1) is 25.5 Å². The van der Waals surface area contributed by atoms with E-state index in [1.54, 1.807) is 12.3 Å². The highest BCUT2D eigenvalue weighted by Gasteiger charge is 2.41. The molecule has 3 atom stereocenters. The van der Waals surface area contributed by atoms with Crippen molar-refractivity contribution in [2.45, 2.75) is 84.2 Å². The van der Waals surface area contributed by atoms with E-state index in [1.807, 2.05) is 56.0 Å². The molecule has 11 nitrogen and oxygen atoms in total. The van der Waals surface area contributed by atoms with E-state index in [0.29, 0.717) is 62.2 Å². The summed E-state index contributed by atoms with van der Waals surface area (Å²) in [5.41, 5.74) is 3.09. The number of ether oxygens (including phenoxy) is 3. The van der Waals surface area contributed by atoms with E-state index in [2.05, 4.69) is 46.4 Å². The minimum atomic E-state index is -1.58. The number of aromatic amines is 1. The van der Waals surface area contributed by atoms with E-state index in [0.717, 1.165) is 58.1 Å². The number of benzene rings is 3. The number of morpholine rings is 1. The second-order valence-corrected chi connectivity index (χ2v) is 17.3. The van der Waals surface area contributed by atoms with Gasteiger partial charge in [-0.25, -0.2) is 22.9 Å². The molecule has 2 aliphatic heterocycles. The van der Waals surface area contributed by atoms with Gasteiger partial charge in [0.05, 0.1) is 43.0 Å². The standard InChI is InChI=1S/C45H53BrF3N7O4/c1-27-17-39(38(21-34(27)46)53-44(57)54-40-23-50-28(2)22-51-40)60-25-31-24-55(14-16-59-31)13-9-6-10-15-58-30-19-35(47)41(36(48)20-30)43-42-33(32-11-7-8-12-37(32)52-42)18-29(3)56(43)26-45(4,5)49/h7-8,11-12,17,19-23,29,31,43,52H,6,9-10,13-16,18,24-26H2,1-5H3,(H2,51,53,54,57)/t29-,31+,43-/m1/s1. The van der Waals surface area contributed by atoms with E-state index in [9.17, 15) is 4.79 Å². The first-order chi connectivity index (χ1) is 28.7. The number of hydrogen-bond donors (Lipinski definition) is 3. The van der Waals surface area contributed by atoms with E-state index < -0.39 is 29.4 Å². The quantitative estimate of drug-likeness (QED) is 0.0891. The van der Waals surface area contributed by atoms with Crippen molar-refractivity contribution in [3.05, 3.63) is 105 Å². The fourth-order valence-electron chi connectivity index (χ4n) is 8.07. The zero-order chi connectivity index (χ0) is 42.6. The van der Waals surface area contributed by atoms with Crippen molar-refractivity contribution in [2.75, 3.05) is 56.6 Å². The van der Waals surface area contributed by atoms with Gasteiger partial charge in [-0.1, -0.05) is 34.1 Å². The van der Waals surface area contributed by atoms with Gasteiger partial charge in [0.15, 0.2) is 5.82 Å². The van der Waals surface area contributed by atoms with Crippen molar-refractivity contribution in [3.63, 3.8) is 0 Å². The van der Waals surface area contributed by atoms with Crippen LogP contribution in [-0.4, -0.2) is 94.6 Å². The van der Waals surface area contributed by atoms with Crippen molar-refractivity contribution in [1.82, 2.24) is 24.8 Å². The lowest BCUT2D eigenvalue weighted by Crippen LogP contribution is -2.48. The van der Waals surface area contributed by atoms with Gasteiger partial charge >= 0.3 is 6.03 Å². The molecule has 1 fully saturated rings. The minimum Gasteiger partial charge on any atom is -0.493 e. The molecule has 0 spiro atoms. The minimum absolute atomic E-state index is 0.0157. The number of urea groups is 1. The molecule has 0 unspecified atom stereocenters. The number of nitrogens with zero attached hydrogens (tertiary/aromatic N) is 4. The van der Waals surface area contributed by atoms with Gasteiger partial charge in [0, 0.05) is 64.4 Å². The number of halogens is 4. The van der Waals surface area contributed by atoms with Gasteiger partial charge < -0.3 is 24.5 Å². The van der Waals surface area contributed by atoms with Gasteiger partial charge in [0.2, 0.25) is 0 Å². The highest BCUT2D eigenvalue weighted by molar-refractivity contribution is 9.10. The van der Waals surface area contributed by atoms with Gasteiger partial charge in [-0.3, -0.25) is 20.1 Å². The average Bonchev–Trinajstić information content (AvgIpc) is 3.56. The molecule has 320 valence electrons. The van der Waals surface area contributed by atoms with E-state index in [4.69, 9.17) is 14.2 Å². The number of hydrogen-bond acceptors (Lipinski definition) is 8. The van der Waals surface area contributed by atoms with E-state index in [-0.39, 0.29) is 30.0 Å². The van der Waals surface area contributed by atoms with Crippen LogP contribution in [-0.2, 0) is 11.2 Å². The molecule has 15 heteroatoms. The third-order valence-electron chi connectivity index (χ3n) is 11.0. The summed E-state index contributed by atoms with van der Waals surface area (Å²) in [5.74, 6) is -0.464. The molecule has 2 amide bonds. The summed E-state index contributed by atoms with van der Waals surface area (Å²) in [6.45, 7) is 12.3. The molecule has 0 bridgehead atoms. The smallest absolute Gasteiger partial charge is 0.325 e. The van der Waals surface area contributed by atoms with Crippen LogP contribution in [0.1, 0.15) is 74.2 Å². The highest BCUT2D eigenvalue weighted by Crippen LogP contribution is 2.44. The SMILES string of the molecule is Cc1cnc(NC(=O)Nc2cc(Br)c(C)cc2OC[C@@H]2CN(CCCCCOc3cc(F)c([C@@H]4c5[nH]c6ccccc6c5C[C@@H](C)N4CC(C)(C)F)c(F)c3)CCO2)cn1. The fourth-order valence-corrected chi connectivity index (χ4v) is 8.42. The zero-order valence-electron chi connectivity index (χ0n) is 34.7. The van der Waals surface area contributed by atoms with Crippen LogP contribution in [0.25, 0.3) is 10.9 Å². The molecule has 0 saturated carbocycles. The Morgan fingerprint density at radius 3 is 2.57 bits per heavy atom. The fraction of sp³-hybridized carbons (Fsp3) is 0.444. The van der Waals surface area contributed by atoms with Crippen molar-refractivity contribution in [1.29, 1.82) is 0 Å². The first kappa shape index (κ1) is 43.4. The summed E-state index contributed by atoms with van der Waals surface area (Å²) in [6.07, 6.45) is 6.02.